The van der Waals surface area contributed by atoms with Crippen LogP contribution in [0.5, 0.6) is 0 Å². The quantitative estimate of drug-likeness (QED) is 0.486. The van der Waals surface area contributed by atoms with Crippen molar-refractivity contribution in [1.29, 1.82) is 0 Å². The molecule has 7 nitrogen and oxygen atoms in total. The number of para-hydroxylation sites is 1. The number of ether oxygens (including phenoxy) is 1. The molecule has 0 fully saturated rings. The van der Waals surface area contributed by atoms with Gasteiger partial charge in [-0.2, -0.15) is 0 Å². The summed E-state index contributed by atoms with van der Waals surface area (Å²) in [6.45, 7) is 3.69. The first-order valence-corrected chi connectivity index (χ1v) is 9.70. The maximum Gasteiger partial charge on any atom is 0.307 e. The molecular formula is C23H21N3O4. The Morgan fingerprint density at radius 2 is 1.93 bits per heavy atom. The number of carbonyl (C=O) groups is 1. The number of hydrogen-bond acceptors (Lipinski definition) is 6. The fourth-order valence-electron chi connectivity index (χ4n) is 3.10. The van der Waals surface area contributed by atoms with Crippen molar-refractivity contribution in [2.45, 2.75) is 32.8 Å². The highest BCUT2D eigenvalue weighted by Gasteiger charge is 2.16. The molecule has 30 heavy (non-hydrogen) atoms. The van der Waals surface area contributed by atoms with Crippen LogP contribution in [0.1, 0.15) is 36.7 Å². The summed E-state index contributed by atoms with van der Waals surface area (Å²) in [7, 11) is 0. The van der Waals surface area contributed by atoms with E-state index in [-0.39, 0.29) is 12.0 Å². The van der Waals surface area contributed by atoms with Crippen molar-refractivity contribution >= 4 is 16.9 Å². The molecule has 2 aromatic carbocycles. The third-order valence-corrected chi connectivity index (χ3v) is 4.76. The first kappa shape index (κ1) is 19.6. The fraction of sp³-hybridized carbons (Fsp3) is 0.217. The number of carbonyl (C=O) groups excluding carboxylic acids is 1. The normalized spacial score (nSPS) is 12.1. The van der Waals surface area contributed by atoms with Gasteiger partial charge in [-0.3, -0.25) is 9.59 Å². The number of hydrogen-bond donors (Lipinski definition) is 1. The Bertz CT molecular complexity index is 1240. The fourth-order valence-corrected chi connectivity index (χ4v) is 3.10. The van der Waals surface area contributed by atoms with Crippen LogP contribution < -0.4 is 5.56 Å². The first-order chi connectivity index (χ1) is 14.5. The van der Waals surface area contributed by atoms with Gasteiger partial charge in [-0.15, -0.1) is 0 Å². The summed E-state index contributed by atoms with van der Waals surface area (Å²) >= 11 is 0. The number of fused-ring (bicyclic) bond motifs is 1. The van der Waals surface area contributed by atoms with E-state index in [0.29, 0.717) is 34.8 Å². The molecule has 0 aliphatic heterocycles. The van der Waals surface area contributed by atoms with Gasteiger partial charge in [0.05, 0.1) is 23.5 Å². The van der Waals surface area contributed by atoms with Crippen LogP contribution in [0.25, 0.3) is 22.2 Å². The zero-order chi connectivity index (χ0) is 21.1. The Kier molecular flexibility index (Phi) is 5.43. The van der Waals surface area contributed by atoms with Crippen molar-refractivity contribution in [3.05, 3.63) is 82.4 Å². The molecule has 0 radical (unpaired) electrons. The lowest BCUT2D eigenvalue weighted by Gasteiger charge is -2.12. The van der Waals surface area contributed by atoms with Gasteiger partial charge in [0.15, 0.2) is 23.6 Å². The number of aromatic amines is 1. The number of rotatable bonds is 6. The Morgan fingerprint density at radius 3 is 2.73 bits per heavy atom. The number of H-pyrrole nitrogens is 1. The van der Waals surface area contributed by atoms with Crippen LogP contribution in [-0.4, -0.2) is 20.9 Å². The van der Waals surface area contributed by atoms with Crippen molar-refractivity contribution in [1.82, 2.24) is 15.0 Å². The molecule has 0 aliphatic carbocycles. The SMILES string of the molecule is Cc1ccc(-c2cnc(CCC(=O)O[C@@H](C)c3nc4ccccc4c(=O)[nH]3)o2)cc1. The Morgan fingerprint density at radius 1 is 1.17 bits per heavy atom. The van der Waals surface area contributed by atoms with Crippen molar-refractivity contribution in [3.63, 3.8) is 0 Å². The van der Waals surface area contributed by atoms with Gasteiger partial charge in [-0.25, -0.2) is 9.97 Å². The summed E-state index contributed by atoms with van der Waals surface area (Å²) < 4.78 is 11.2. The van der Waals surface area contributed by atoms with E-state index in [1.165, 1.54) is 0 Å². The minimum atomic E-state index is -0.678. The van der Waals surface area contributed by atoms with Gasteiger partial charge in [-0.05, 0) is 26.0 Å². The van der Waals surface area contributed by atoms with Gasteiger partial charge in [-0.1, -0.05) is 42.0 Å². The van der Waals surface area contributed by atoms with E-state index >= 15 is 0 Å². The maximum atomic E-state index is 12.3. The number of aryl methyl sites for hydroxylation is 2. The highest BCUT2D eigenvalue weighted by molar-refractivity contribution is 5.77. The van der Waals surface area contributed by atoms with Crippen LogP contribution in [-0.2, 0) is 16.0 Å². The predicted molar refractivity (Wildman–Crippen MR) is 112 cm³/mol. The van der Waals surface area contributed by atoms with Crippen LogP contribution in [0.2, 0.25) is 0 Å². The van der Waals surface area contributed by atoms with E-state index in [0.717, 1.165) is 11.1 Å². The molecule has 0 aliphatic rings. The van der Waals surface area contributed by atoms with Gasteiger partial charge in [0.2, 0.25) is 0 Å². The highest BCUT2D eigenvalue weighted by atomic mass is 16.5. The van der Waals surface area contributed by atoms with Crippen LogP contribution in [0.4, 0.5) is 0 Å². The van der Waals surface area contributed by atoms with E-state index in [2.05, 4.69) is 15.0 Å². The maximum absolute atomic E-state index is 12.3. The summed E-state index contributed by atoms with van der Waals surface area (Å²) in [6, 6.07) is 15.0. The third kappa shape index (κ3) is 4.30. The molecule has 152 valence electrons. The molecule has 0 saturated heterocycles. The molecule has 1 N–H and O–H groups in total. The minimum absolute atomic E-state index is 0.107. The molecule has 1 atom stereocenters. The van der Waals surface area contributed by atoms with Crippen LogP contribution in [0.15, 0.2) is 63.9 Å². The molecule has 4 aromatic rings. The molecular weight excluding hydrogens is 382 g/mol. The van der Waals surface area contributed by atoms with Crippen LogP contribution >= 0.6 is 0 Å². The van der Waals surface area contributed by atoms with E-state index in [4.69, 9.17) is 9.15 Å². The zero-order valence-electron chi connectivity index (χ0n) is 16.7. The molecule has 0 amide bonds. The van der Waals surface area contributed by atoms with E-state index < -0.39 is 12.1 Å². The Hall–Kier alpha value is -3.74. The zero-order valence-corrected chi connectivity index (χ0v) is 16.7. The third-order valence-electron chi connectivity index (χ3n) is 4.76. The van der Waals surface area contributed by atoms with Crippen LogP contribution in [0.3, 0.4) is 0 Å². The number of nitrogens with one attached hydrogen (secondary N) is 1. The van der Waals surface area contributed by atoms with Crippen molar-refractivity contribution in [2.24, 2.45) is 0 Å². The molecule has 0 unspecified atom stereocenters. The average molecular weight is 403 g/mol. The average Bonchev–Trinajstić information content (AvgIpc) is 3.22. The summed E-state index contributed by atoms with van der Waals surface area (Å²) in [4.78, 5) is 35.7. The van der Waals surface area contributed by atoms with Gasteiger partial charge in [0, 0.05) is 12.0 Å². The lowest BCUT2D eigenvalue weighted by Crippen LogP contribution is -2.17. The molecule has 0 spiro atoms. The number of esters is 1. The first-order valence-electron chi connectivity index (χ1n) is 9.70. The second-order valence-corrected chi connectivity index (χ2v) is 7.08. The summed E-state index contributed by atoms with van der Waals surface area (Å²) in [5.74, 6) is 1.01. The summed E-state index contributed by atoms with van der Waals surface area (Å²) in [6.07, 6.45) is 1.40. The lowest BCUT2D eigenvalue weighted by molar-refractivity contribution is -0.149. The van der Waals surface area contributed by atoms with Crippen molar-refractivity contribution < 1.29 is 13.9 Å². The monoisotopic (exact) mass is 403 g/mol. The highest BCUT2D eigenvalue weighted by Crippen LogP contribution is 2.22. The van der Waals surface area contributed by atoms with Crippen molar-refractivity contribution in [2.75, 3.05) is 0 Å². The number of benzene rings is 2. The van der Waals surface area contributed by atoms with Gasteiger partial charge in [0.25, 0.3) is 5.56 Å². The second-order valence-electron chi connectivity index (χ2n) is 7.08. The number of nitrogens with zero attached hydrogens (tertiary/aromatic N) is 2. The summed E-state index contributed by atoms with van der Waals surface area (Å²) in [5.41, 5.74) is 2.39. The molecule has 0 bridgehead atoms. The van der Waals surface area contributed by atoms with Gasteiger partial charge >= 0.3 is 5.97 Å². The van der Waals surface area contributed by atoms with Crippen LogP contribution in [0, 0.1) is 6.92 Å². The van der Waals surface area contributed by atoms with E-state index in [1.807, 2.05) is 31.2 Å². The Balaban J connectivity index is 1.37. The number of aromatic nitrogens is 3. The molecule has 0 saturated carbocycles. The molecule has 2 heterocycles. The van der Waals surface area contributed by atoms with Gasteiger partial charge in [0.1, 0.15) is 0 Å². The van der Waals surface area contributed by atoms with E-state index in [1.54, 1.807) is 37.4 Å². The largest absolute Gasteiger partial charge is 0.454 e. The molecule has 4 rings (SSSR count). The number of oxazole rings is 1. The second kappa shape index (κ2) is 8.32. The smallest absolute Gasteiger partial charge is 0.307 e. The van der Waals surface area contributed by atoms with Crippen molar-refractivity contribution in [3.8, 4) is 11.3 Å². The molecule has 7 heteroatoms. The standard InChI is InChI=1S/C23H21N3O4/c1-14-7-9-16(10-8-14)19-13-24-20(30-19)11-12-21(27)29-15(2)22-25-18-6-4-3-5-17(18)23(28)26-22/h3-10,13,15H,11-12H2,1-2H3,(H,25,26,28)/t15-/m0/s1. The summed E-state index contributed by atoms with van der Waals surface area (Å²) in [5, 5.41) is 0.494. The predicted octanol–water partition coefficient (Wildman–Crippen LogP) is 4.12. The topological polar surface area (TPSA) is 98.1 Å². The van der Waals surface area contributed by atoms with Gasteiger partial charge < -0.3 is 14.1 Å². The van der Waals surface area contributed by atoms with E-state index in [9.17, 15) is 9.59 Å². The lowest BCUT2D eigenvalue weighted by atomic mass is 10.1. The molecule has 2 aromatic heterocycles. The minimum Gasteiger partial charge on any atom is -0.454 e. The Labute approximate surface area is 172 Å².